The molecule has 0 radical (unpaired) electrons. The van der Waals surface area contributed by atoms with Gasteiger partial charge in [-0.2, -0.15) is 0 Å². The van der Waals surface area contributed by atoms with E-state index in [1.807, 2.05) is 36.7 Å². The van der Waals surface area contributed by atoms with Gasteiger partial charge in [-0.15, -0.1) is 0 Å². The van der Waals surface area contributed by atoms with Crippen LogP contribution in [0.15, 0.2) is 65.5 Å². The number of nitrogens with zero attached hydrogens (tertiary/aromatic N) is 3. The van der Waals surface area contributed by atoms with Gasteiger partial charge in [-0.1, -0.05) is 43.3 Å². The number of hydrogen-bond donors (Lipinski definition) is 0. The summed E-state index contributed by atoms with van der Waals surface area (Å²) in [4.78, 5) is 9.01. The monoisotopic (exact) mass is 303 g/mol. The third-order valence-electron chi connectivity index (χ3n) is 4.02. The summed E-state index contributed by atoms with van der Waals surface area (Å²) in [5.41, 5.74) is 1.93. The summed E-state index contributed by atoms with van der Waals surface area (Å²) in [7, 11) is 0. The minimum Gasteiger partial charge on any atom is -0.444 e. The molecule has 0 aliphatic heterocycles. The second kappa shape index (κ2) is 5.72. The molecule has 0 unspecified atom stereocenters. The Morgan fingerprint density at radius 1 is 1.09 bits per heavy atom. The van der Waals surface area contributed by atoms with E-state index >= 15 is 0 Å². The highest BCUT2D eigenvalue weighted by Gasteiger charge is 2.11. The molecule has 4 heteroatoms. The van der Waals surface area contributed by atoms with Gasteiger partial charge < -0.3 is 8.98 Å². The first kappa shape index (κ1) is 13.8. The zero-order chi connectivity index (χ0) is 15.6. The molecule has 2 aromatic carbocycles. The van der Waals surface area contributed by atoms with Crippen LogP contribution in [0.3, 0.4) is 0 Å². The second-order valence-electron chi connectivity index (χ2n) is 5.50. The number of fused-ring (bicyclic) bond motifs is 1. The molecule has 23 heavy (non-hydrogen) atoms. The molecule has 4 aromatic rings. The first-order valence-electron chi connectivity index (χ1n) is 7.77. The lowest BCUT2D eigenvalue weighted by Crippen LogP contribution is -2.03. The van der Waals surface area contributed by atoms with Crippen LogP contribution in [0, 0.1) is 0 Å². The van der Waals surface area contributed by atoms with E-state index in [9.17, 15) is 0 Å². The molecule has 0 bridgehead atoms. The molecule has 2 heterocycles. The molecule has 114 valence electrons. The van der Waals surface area contributed by atoms with Crippen molar-refractivity contribution in [2.45, 2.75) is 19.9 Å². The lowest BCUT2D eigenvalue weighted by Gasteiger charge is -2.03. The largest absolute Gasteiger partial charge is 0.444 e. The van der Waals surface area contributed by atoms with Crippen LogP contribution in [0.5, 0.6) is 0 Å². The Bertz CT molecular complexity index is 947. The predicted octanol–water partition coefficient (Wildman–Crippen LogP) is 4.30. The maximum Gasteiger partial charge on any atom is 0.226 e. The van der Waals surface area contributed by atoms with Gasteiger partial charge in [0.25, 0.3) is 0 Å². The Hall–Kier alpha value is -2.88. The summed E-state index contributed by atoms with van der Waals surface area (Å²) < 4.78 is 7.84. The molecule has 0 aliphatic rings. The molecule has 0 fully saturated rings. The van der Waals surface area contributed by atoms with Crippen molar-refractivity contribution in [2.75, 3.05) is 0 Å². The van der Waals surface area contributed by atoms with Crippen LogP contribution < -0.4 is 0 Å². The Labute approximate surface area is 134 Å². The Morgan fingerprint density at radius 2 is 1.96 bits per heavy atom. The normalized spacial score (nSPS) is 11.2. The van der Waals surface area contributed by atoms with Crippen LogP contribution in [-0.4, -0.2) is 14.5 Å². The fourth-order valence-electron chi connectivity index (χ4n) is 2.89. The highest BCUT2D eigenvalue weighted by atomic mass is 16.3. The molecule has 0 spiro atoms. The summed E-state index contributed by atoms with van der Waals surface area (Å²) >= 11 is 0. The molecule has 0 amide bonds. The van der Waals surface area contributed by atoms with Gasteiger partial charge >= 0.3 is 0 Å². The summed E-state index contributed by atoms with van der Waals surface area (Å²) in [5.74, 6) is 1.72. The first-order valence-corrected chi connectivity index (χ1v) is 7.77. The van der Waals surface area contributed by atoms with E-state index in [-0.39, 0.29) is 0 Å². The van der Waals surface area contributed by atoms with Gasteiger partial charge in [0.2, 0.25) is 5.89 Å². The molecule has 0 aliphatic carbocycles. The van der Waals surface area contributed by atoms with Crippen LogP contribution >= 0.6 is 0 Å². The van der Waals surface area contributed by atoms with Crippen molar-refractivity contribution in [3.05, 3.63) is 72.6 Å². The highest BCUT2D eigenvalue weighted by Crippen LogP contribution is 2.28. The molecular weight excluding hydrogens is 286 g/mol. The van der Waals surface area contributed by atoms with Crippen LogP contribution in [0.1, 0.15) is 18.4 Å². The van der Waals surface area contributed by atoms with Crippen molar-refractivity contribution in [1.29, 1.82) is 0 Å². The fourth-order valence-corrected chi connectivity index (χ4v) is 2.89. The van der Waals surface area contributed by atoms with E-state index in [0.717, 1.165) is 28.9 Å². The van der Waals surface area contributed by atoms with Crippen molar-refractivity contribution < 1.29 is 4.42 Å². The van der Waals surface area contributed by atoms with Gasteiger partial charge in [0.05, 0.1) is 12.2 Å². The number of imidazole rings is 1. The molecule has 2 aromatic heterocycles. The standard InChI is InChI=1S/C19H17N3O/c1-2-18-20-10-11-22(18)12-15-13-23-19(21-15)17-9-5-7-14-6-3-4-8-16(14)17/h3-11,13H,2,12H2,1H3. The third kappa shape index (κ3) is 2.52. The van der Waals surface area contributed by atoms with E-state index in [1.54, 1.807) is 6.26 Å². The van der Waals surface area contributed by atoms with Crippen molar-refractivity contribution in [2.24, 2.45) is 0 Å². The quantitative estimate of drug-likeness (QED) is 0.564. The zero-order valence-corrected chi connectivity index (χ0v) is 12.9. The fraction of sp³-hybridized carbons (Fsp3) is 0.158. The number of aryl methyl sites for hydroxylation is 1. The van der Waals surface area contributed by atoms with E-state index in [4.69, 9.17) is 4.42 Å². The molecule has 0 N–H and O–H groups in total. The Balaban J connectivity index is 1.70. The smallest absolute Gasteiger partial charge is 0.226 e. The van der Waals surface area contributed by atoms with Gasteiger partial charge in [0, 0.05) is 24.4 Å². The van der Waals surface area contributed by atoms with Crippen molar-refractivity contribution >= 4 is 10.8 Å². The summed E-state index contributed by atoms with van der Waals surface area (Å²) in [6.07, 6.45) is 6.44. The number of benzene rings is 2. The molecule has 0 saturated carbocycles. The highest BCUT2D eigenvalue weighted by molar-refractivity contribution is 5.94. The van der Waals surface area contributed by atoms with E-state index < -0.39 is 0 Å². The number of oxazole rings is 1. The molecule has 0 saturated heterocycles. The number of rotatable bonds is 4. The predicted molar refractivity (Wildman–Crippen MR) is 90.2 cm³/mol. The molecule has 0 atom stereocenters. The zero-order valence-electron chi connectivity index (χ0n) is 12.9. The minimum absolute atomic E-state index is 0.662. The van der Waals surface area contributed by atoms with Gasteiger partial charge in [-0.25, -0.2) is 9.97 Å². The van der Waals surface area contributed by atoms with Crippen molar-refractivity contribution in [3.63, 3.8) is 0 Å². The SMILES string of the molecule is CCc1nccn1Cc1coc(-c2cccc3ccccc23)n1. The maximum atomic E-state index is 5.74. The van der Waals surface area contributed by atoms with Crippen molar-refractivity contribution in [1.82, 2.24) is 14.5 Å². The molecule has 4 nitrogen and oxygen atoms in total. The van der Waals surface area contributed by atoms with E-state index in [1.165, 1.54) is 5.39 Å². The third-order valence-corrected chi connectivity index (χ3v) is 4.02. The number of hydrogen-bond acceptors (Lipinski definition) is 3. The van der Waals surface area contributed by atoms with Gasteiger partial charge in [0.1, 0.15) is 12.1 Å². The van der Waals surface area contributed by atoms with E-state index in [0.29, 0.717) is 12.4 Å². The van der Waals surface area contributed by atoms with Crippen LogP contribution in [0.25, 0.3) is 22.2 Å². The maximum absolute atomic E-state index is 5.74. The van der Waals surface area contributed by atoms with Gasteiger partial charge in [-0.05, 0) is 16.8 Å². The second-order valence-corrected chi connectivity index (χ2v) is 5.50. The van der Waals surface area contributed by atoms with E-state index in [2.05, 4.69) is 39.7 Å². The molecular formula is C19H17N3O. The topological polar surface area (TPSA) is 43.9 Å². The van der Waals surface area contributed by atoms with Gasteiger partial charge in [-0.3, -0.25) is 0 Å². The molecule has 4 rings (SSSR count). The van der Waals surface area contributed by atoms with Crippen LogP contribution in [-0.2, 0) is 13.0 Å². The average molecular weight is 303 g/mol. The van der Waals surface area contributed by atoms with Crippen LogP contribution in [0.2, 0.25) is 0 Å². The van der Waals surface area contributed by atoms with Crippen LogP contribution in [0.4, 0.5) is 0 Å². The summed E-state index contributed by atoms with van der Waals surface area (Å²) in [6, 6.07) is 14.5. The number of aromatic nitrogens is 3. The van der Waals surface area contributed by atoms with Crippen molar-refractivity contribution in [3.8, 4) is 11.5 Å². The summed E-state index contributed by atoms with van der Waals surface area (Å²) in [6.45, 7) is 2.78. The Kier molecular flexibility index (Phi) is 3.42. The van der Waals surface area contributed by atoms with Gasteiger partial charge in [0.15, 0.2) is 0 Å². The minimum atomic E-state index is 0.662. The first-order chi connectivity index (χ1) is 11.3. The lowest BCUT2D eigenvalue weighted by molar-refractivity contribution is 0.571. The lowest BCUT2D eigenvalue weighted by atomic mass is 10.0. The average Bonchev–Trinajstić information content (AvgIpc) is 3.24. The Morgan fingerprint density at radius 3 is 2.87 bits per heavy atom. The summed E-state index contributed by atoms with van der Waals surface area (Å²) in [5, 5.41) is 2.34.